The average Bonchev–Trinajstić information content (AvgIpc) is 1.69. The van der Waals surface area contributed by atoms with E-state index in [-0.39, 0.29) is 6.61 Å². The molecule has 0 aromatic carbocycles. The van der Waals surface area contributed by atoms with Gasteiger partial charge in [-0.3, -0.25) is 0 Å². The molecule has 0 atom stereocenters. The van der Waals surface area contributed by atoms with Gasteiger partial charge in [0.1, 0.15) is 0 Å². The Morgan fingerprint density at radius 3 is 2.57 bits per heavy atom. The molecule has 0 aromatic heterocycles. The van der Waals surface area contributed by atoms with E-state index in [1.54, 1.807) is 0 Å². The second-order valence-electron chi connectivity index (χ2n) is 1.45. The summed E-state index contributed by atoms with van der Waals surface area (Å²) in [4.78, 5) is 0. The van der Waals surface area contributed by atoms with E-state index in [9.17, 15) is 5.11 Å². The minimum absolute atomic E-state index is 0. The SMILES string of the molecule is CCCNCC[O]. The van der Waals surface area contributed by atoms with Crippen molar-refractivity contribution in [1.82, 2.24) is 5.32 Å². The number of hydrogen-bond donors (Lipinski definition) is 1. The molecule has 7 heavy (non-hydrogen) atoms. The molecule has 0 fully saturated rings. The molecule has 0 saturated heterocycles. The highest BCUT2D eigenvalue weighted by molar-refractivity contribution is 4.39. The lowest BCUT2D eigenvalue weighted by Gasteiger charge is -1.94. The minimum Gasteiger partial charge on any atom is -0.314 e. The Hall–Kier alpha value is -0.0800. The van der Waals surface area contributed by atoms with Gasteiger partial charge in [-0.25, -0.2) is 5.11 Å². The Balaban J connectivity index is 2.45. The van der Waals surface area contributed by atoms with E-state index in [4.69, 9.17) is 0 Å². The van der Waals surface area contributed by atoms with Crippen LogP contribution < -0.4 is 5.32 Å². The summed E-state index contributed by atoms with van der Waals surface area (Å²) in [6.45, 7) is 3.67. The molecule has 1 N–H and O–H groups in total. The Morgan fingerprint density at radius 2 is 2.14 bits per heavy atom. The van der Waals surface area contributed by atoms with Gasteiger partial charge in [-0.2, -0.15) is 0 Å². The zero-order valence-electron chi connectivity index (χ0n) is 4.74. The van der Waals surface area contributed by atoms with E-state index in [0.29, 0.717) is 6.54 Å². The van der Waals surface area contributed by atoms with Crippen LogP contribution in [0.15, 0.2) is 0 Å². The summed E-state index contributed by atoms with van der Waals surface area (Å²) in [6.07, 6.45) is 1.11. The lowest BCUT2D eigenvalue weighted by atomic mass is 10.5. The van der Waals surface area contributed by atoms with Gasteiger partial charge in [0.05, 0.1) is 6.61 Å². The maximum Gasteiger partial charge on any atom is 0.0946 e. The lowest BCUT2D eigenvalue weighted by molar-refractivity contribution is 0.194. The van der Waals surface area contributed by atoms with Crippen LogP contribution in [0.5, 0.6) is 0 Å². The quantitative estimate of drug-likeness (QED) is 0.512. The maximum atomic E-state index is 9.74. The van der Waals surface area contributed by atoms with Gasteiger partial charge in [-0.15, -0.1) is 0 Å². The van der Waals surface area contributed by atoms with E-state index in [0.717, 1.165) is 13.0 Å². The second-order valence-corrected chi connectivity index (χ2v) is 1.45. The monoisotopic (exact) mass is 102 g/mol. The Morgan fingerprint density at radius 1 is 1.43 bits per heavy atom. The first-order valence-electron chi connectivity index (χ1n) is 2.70. The van der Waals surface area contributed by atoms with Gasteiger partial charge in [-0.1, -0.05) is 6.92 Å². The molecule has 1 radical (unpaired) electrons. The third kappa shape index (κ3) is 5.92. The fourth-order valence-corrected chi connectivity index (χ4v) is 0.374. The van der Waals surface area contributed by atoms with Gasteiger partial charge in [0.15, 0.2) is 0 Å². The minimum atomic E-state index is 0. The van der Waals surface area contributed by atoms with Crippen LogP contribution in [0.4, 0.5) is 0 Å². The van der Waals surface area contributed by atoms with E-state index < -0.39 is 0 Å². The summed E-state index contributed by atoms with van der Waals surface area (Å²) in [5.74, 6) is 0. The average molecular weight is 102 g/mol. The van der Waals surface area contributed by atoms with E-state index in [1.807, 2.05) is 0 Å². The lowest BCUT2D eigenvalue weighted by Crippen LogP contribution is -2.17. The topological polar surface area (TPSA) is 31.9 Å². The van der Waals surface area contributed by atoms with Gasteiger partial charge >= 0.3 is 0 Å². The van der Waals surface area contributed by atoms with Crippen molar-refractivity contribution in [1.29, 1.82) is 0 Å². The fraction of sp³-hybridized carbons (Fsp3) is 1.00. The van der Waals surface area contributed by atoms with Gasteiger partial charge in [0.2, 0.25) is 0 Å². The van der Waals surface area contributed by atoms with Gasteiger partial charge in [-0.05, 0) is 13.0 Å². The highest BCUT2D eigenvalue weighted by Crippen LogP contribution is 1.66. The number of rotatable bonds is 4. The third-order valence-electron chi connectivity index (χ3n) is 0.706. The summed E-state index contributed by atoms with van der Waals surface area (Å²) in [6, 6.07) is 0. The molecule has 0 heterocycles. The number of nitrogens with one attached hydrogen (secondary N) is 1. The molecule has 2 heteroatoms. The van der Waals surface area contributed by atoms with Crippen LogP contribution in [-0.4, -0.2) is 19.7 Å². The van der Waals surface area contributed by atoms with Crippen molar-refractivity contribution in [2.45, 2.75) is 13.3 Å². The smallest absolute Gasteiger partial charge is 0.0946 e. The Kier molecular flexibility index (Phi) is 5.85. The van der Waals surface area contributed by atoms with Gasteiger partial charge in [0.25, 0.3) is 0 Å². The molecule has 0 aromatic rings. The molecule has 2 nitrogen and oxygen atoms in total. The Labute approximate surface area is 44.5 Å². The summed E-state index contributed by atoms with van der Waals surface area (Å²) < 4.78 is 0. The van der Waals surface area contributed by atoms with Crippen LogP contribution in [0.3, 0.4) is 0 Å². The maximum absolute atomic E-state index is 9.74. The van der Waals surface area contributed by atoms with Crippen LogP contribution in [-0.2, 0) is 5.11 Å². The van der Waals surface area contributed by atoms with Crippen LogP contribution >= 0.6 is 0 Å². The first-order valence-corrected chi connectivity index (χ1v) is 2.70. The van der Waals surface area contributed by atoms with Crippen LogP contribution in [0.2, 0.25) is 0 Å². The molecule has 0 aliphatic carbocycles. The van der Waals surface area contributed by atoms with Crippen LogP contribution in [0.25, 0.3) is 0 Å². The van der Waals surface area contributed by atoms with Crippen molar-refractivity contribution >= 4 is 0 Å². The second kappa shape index (κ2) is 5.92. The molecule has 0 unspecified atom stereocenters. The van der Waals surface area contributed by atoms with Crippen molar-refractivity contribution in [3.05, 3.63) is 0 Å². The molecule has 0 aliphatic rings. The van der Waals surface area contributed by atoms with Gasteiger partial charge < -0.3 is 5.32 Å². The molecule has 0 bridgehead atoms. The highest BCUT2D eigenvalue weighted by atomic mass is 16.3. The van der Waals surface area contributed by atoms with Crippen LogP contribution in [0.1, 0.15) is 13.3 Å². The van der Waals surface area contributed by atoms with Crippen molar-refractivity contribution < 1.29 is 5.11 Å². The zero-order chi connectivity index (χ0) is 5.54. The fourth-order valence-electron chi connectivity index (χ4n) is 0.374. The van der Waals surface area contributed by atoms with E-state index >= 15 is 0 Å². The highest BCUT2D eigenvalue weighted by Gasteiger charge is 1.78. The first-order chi connectivity index (χ1) is 3.41. The molecule has 0 rings (SSSR count). The molecular formula is C5H12NO. The van der Waals surface area contributed by atoms with Crippen LogP contribution in [0, 0.1) is 0 Å². The predicted octanol–water partition coefficient (Wildman–Crippen LogP) is 0.416. The summed E-state index contributed by atoms with van der Waals surface area (Å²) in [5.41, 5.74) is 0. The van der Waals surface area contributed by atoms with Crippen molar-refractivity contribution in [3.8, 4) is 0 Å². The summed E-state index contributed by atoms with van der Waals surface area (Å²) >= 11 is 0. The normalized spacial score (nSPS) is 9.43. The van der Waals surface area contributed by atoms with Crippen molar-refractivity contribution in [2.24, 2.45) is 0 Å². The number of hydrogen-bond acceptors (Lipinski definition) is 1. The zero-order valence-corrected chi connectivity index (χ0v) is 4.74. The van der Waals surface area contributed by atoms with E-state index in [1.165, 1.54) is 0 Å². The molecule has 43 valence electrons. The molecule has 0 aliphatic heterocycles. The largest absolute Gasteiger partial charge is 0.314 e. The third-order valence-corrected chi connectivity index (χ3v) is 0.706. The predicted molar refractivity (Wildman–Crippen MR) is 28.7 cm³/mol. The van der Waals surface area contributed by atoms with Crippen molar-refractivity contribution in [3.63, 3.8) is 0 Å². The Bertz CT molecular complexity index is 27.3. The van der Waals surface area contributed by atoms with Crippen molar-refractivity contribution in [2.75, 3.05) is 19.7 Å². The van der Waals surface area contributed by atoms with Gasteiger partial charge in [0, 0.05) is 6.54 Å². The molecule has 0 spiro atoms. The molecule has 0 saturated carbocycles. The molecule has 0 amide bonds. The summed E-state index contributed by atoms with van der Waals surface area (Å²) in [7, 11) is 0. The first kappa shape index (κ1) is 6.92. The summed E-state index contributed by atoms with van der Waals surface area (Å²) in [5, 5.41) is 12.7. The molecular weight excluding hydrogens is 90.1 g/mol. The standard InChI is InChI=1S/C5H12NO/c1-2-3-6-4-5-7/h6H,2-5H2,1H3. The van der Waals surface area contributed by atoms with E-state index in [2.05, 4.69) is 12.2 Å².